The summed E-state index contributed by atoms with van der Waals surface area (Å²) < 4.78 is 37.5. The summed E-state index contributed by atoms with van der Waals surface area (Å²) in [5.74, 6) is -1.47. The second-order valence-electron chi connectivity index (χ2n) is 5.36. The van der Waals surface area contributed by atoms with Crippen molar-refractivity contribution < 1.29 is 17.6 Å². The quantitative estimate of drug-likeness (QED) is 0.882. The predicted molar refractivity (Wildman–Crippen MR) is 88.3 cm³/mol. The normalized spacial score (nSPS) is 11.2. The highest BCUT2D eigenvalue weighted by molar-refractivity contribution is 7.90. The monoisotopic (exact) mass is 335 g/mol. The summed E-state index contributed by atoms with van der Waals surface area (Å²) in [6.45, 7) is 1.92. The van der Waals surface area contributed by atoms with Gasteiger partial charge in [-0.1, -0.05) is 42.0 Å². The van der Waals surface area contributed by atoms with Crippen molar-refractivity contribution in [3.05, 3.63) is 65.5 Å². The lowest BCUT2D eigenvalue weighted by Gasteiger charge is -2.07. The summed E-state index contributed by atoms with van der Waals surface area (Å²) >= 11 is 0. The number of hydrogen-bond donors (Lipinski definition) is 1. The van der Waals surface area contributed by atoms with Gasteiger partial charge in [-0.05, 0) is 24.6 Å². The van der Waals surface area contributed by atoms with E-state index in [9.17, 15) is 17.6 Å². The van der Waals surface area contributed by atoms with E-state index in [0.29, 0.717) is 5.56 Å². The van der Waals surface area contributed by atoms with Gasteiger partial charge in [-0.15, -0.1) is 0 Å². The molecule has 1 amide bonds. The van der Waals surface area contributed by atoms with Crippen molar-refractivity contribution in [2.24, 2.45) is 0 Å². The van der Waals surface area contributed by atoms with Gasteiger partial charge < -0.3 is 5.32 Å². The molecule has 0 saturated carbocycles. The molecule has 4 nitrogen and oxygen atoms in total. The first-order valence-electron chi connectivity index (χ1n) is 7.16. The molecule has 0 heterocycles. The Kier molecular flexibility index (Phi) is 5.50. The highest BCUT2D eigenvalue weighted by atomic mass is 32.2. The highest BCUT2D eigenvalue weighted by Crippen LogP contribution is 2.13. The van der Waals surface area contributed by atoms with Crippen LogP contribution in [-0.4, -0.2) is 20.1 Å². The van der Waals surface area contributed by atoms with Crippen molar-refractivity contribution in [3.8, 4) is 0 Å². The Morgan fingerprint density at radius 3 is 2.39 bits per heavy atom. The lowest BCUT2D eigenvalue weighted by molar-refractivity contribution is -0.115. The second kappa shape index (κ2) is 7.37. The third kappa shape index (κ3) is 5.49. The smallest absolute Gasteiger partial charge is 0.225 e. The molecule has 0 aliphatic heterocycles. The molecule has 0 radical (unpaired) electrons. The van der Waals surface area contributed by atoms with Gasteiger partial charge in [-0.3, -0.25) is 4.79 Å². The maximum atomic E-state index is 13.4. The number of carbonyl (C=O) groups excluding carboxylic acids is 1. The number of rotatable bonds is 6. The van der Waals surface area contributed by atoms with Gasteiger partial charge in [-0.2, -0.15) is 0 Å². The lowest BCUT2D eigenvalue weighted by Crippen LogP contribution is -2.18. The molecule has 0 aromatic heterocycles. The van der Waals surface area contributed by atoms with Crippen LogP contribution in [0.15, 0.2) is 48.5 Å². The molecule has 0 saturated heterocycles. The van der Waals surface area contributed by atoms with Gasteiger partial charge in [-0.25, -0.2) is 12.8 Å². The summed E-state index contributed by atoms with van der Waals surface area (Å²) in [6, 6.07) is 13.0. The van der Waals surface area contributed by atoms with Crippen LogP contribution >= 0.6 is 0 Å². The van der Waals surface area contributed by atoms with Crippen molar-refractivity contribution >= 4 is 21.4 Å². The summed E-state index contributed by atoms with van der Waals surface area (Å²) in [5, 5.41) is 2.38. The highest BCUT2D eigenvalue weighted by Gasteiger charge is 2.15. The van der Waals surface area contributed by atoms with E-state index in [2.05, 4.69) is 5.32 Å². The van der Waals surface area contributed by atoms with Gasteiger partial charge >= 0.3 is 0 Å². The number of anilines is 1. The molecule has 0 fully saturated rings. The third-order valence-electron chi connectivity index (χ3n) is 3.30. The predicted octanol–water partition coefficient (Wildman–Crippen LogP) is 3.08. The summed E-state index contributed by atoms with van der Waals surface area (Å²) in [4.78, 5) is 11.8. The first-order valence-corrected chi connectivity index (χ1v) is 8.98. The molecule has 122 valence electrons. The van der Waals surface area contributed by atoms with Crippen LogP contribution in [0.4, 0.5) is 10.1 Å². The zero-order valence-electron chi connectivity index (χ0n) is 12.8. The minimum atomic E-state index is -3.40. The van der Waals surface area contributed by atoms with Crippen molar-refractivity contribution in [3.63, 3.8) is 0 Å². The Labute approximate surface area is 135 Å². The van der Waals surface area contributed by atoms with Crippen molar-refractivity contribution in [2.75, 3.05) is 11.1 Å². The molecule has 0 unspecified atom stereocenters. The molecule has 0 spiro atoms. The fourth-order valence-corrected chi connectivity index (χ4v) is 3.37. The SMILES string of the molecule is Cc1ccc(CS(=O)(=O)CCC(=O)Nc2ccccc2F)cc1. The zero-order valence-corrected chi connectivity index (χ0v) is 13.6. The molecule has 0 aliphatic carbocycles. The standard InChI is InChI=1S/C17H18FNO3S/c1-13-6-8-14(9-7-13)12-23(21,22)11-10-17(20)19-16-5-3-2-4-15(16)18/h2-9H,10-12H2,1H3,(H,19,20). The van der Waals surface area contributed by atoms with Gasteiger partial charge in [0.05, 0.1) is 17.2 Å². The first kappa shape index (κ1) is 17.1. The van der Waals surface area contributed by atoms with E-state index in [4.69, 9.17) is 0 Å². The number of sulfone groups is 1. The van der Waals surface area contributed by atoms with Crippen LogP contribution in [0.2, 0.25) is 0 Å². The Morgan fingerprint density at radius 1 is 1.09 bits per heavy atom. The third-order valence-corrected chi connectivity index (χ3v) is 4.89. The Balaban J connectivity index is 1.90. The molecular weight excluding hydrogens is 317 g/mol. The van der Waals surface area contributed by atoms with E-state index in [1.807, 2.05) is 19.1 Å². The van der Waals surface area contributed by atoms with Gasteiger partial charge in [0.15, 0.2) is 9.84 Å². The van der Waals surface area contributed by atoms with E-state index in [-0.39, 0.29) is 23.6 Å². The number of nitrogens with one attached hydrogen (secondary N) is 1. The largest absolute Gasteiger partial charge is 0.324 e. The van der Waals surface area contributed by atoms with Crippen LogP contribution in [0.1, 0.15) is 17.5 Å². The minimum Gasteiger partial charge on any atom is -0.324 e. The molecule has 0 atom stereocenters. The molecule has 0 aliphatic rings. The number of amides is 1. The second-order valence-corrected chi connectivity index (χ2v) is 7.54. The summed E-state index contributed by atoms with van der Waals surface area (Å²) in [5.41, 5.74) is 1.79. The molecule has 0 bridgehead atoms. The molecule has 2 aromatic carbocycles. The van der Waals surface area contributed by atoms with Gasteiger partial charge in [0.2, 0.25) is 5.91 Å². The molecule has 1 N–H and O–H groups in total. The molecular formula is C17H18FNO3S. The maximum Gasteiger partial charge on any atom is 0.225 e. The van der Waals surface area contributed by atoms with Crippen LogP contribution in [0, 0.1) is 12.7 Å². The van der Waals surface area contributed by atoms with E-state index >= 15 is 0 Å². The van der Waals surface area contributed by atoms with Crippen LogP contribution in [0.3, 0.4) is 0 Å². The van der Waals surface area contributed by atoms with Crippen LogP contribution in [0.5, 0.6) is 0 Å². The number of aryl methyl sites for hydroxylation is 1. The van der Waals surface area contributed by atoms with Gasteiger partial charge in [0, 0.05) is 6.42 Å². The molecule has 2 aromatic rings. The fraction of sp³-hybridized carbons (Fsp3) is 0.235. The number of carbonyl (C=O) groups is 1. The van der Waals surface area contributed by atoms with Crippen molar-refractivity contribution in [1.29, 1.82) is 0 Å². The van der Waals surface area contributed by atoms with Gasteiger partial charge in [0.1, 0.15) is 5.82 Å². The van der Waals surface area contributed by atoms with Crippen molar-refractivity contribution in [2.45, 2.75) is 19.1 Å². The Morgan fingerprint density at radius 2 is 1.74 bits per heavy atom. The lowest BCUT2D eigenvalue weighted by atomic mass is 10.2. The molecule has 2 rings (SSSR count). The number of benzene rings is 2. The number of halogens is 1. The topological polar surface area (TPSA) is 63.2 Å². The number of para-hydroxylation sites is 1. The van der Waals surface area contributed by atoms with E-state index in [0.717, 1.165) is 5.56 Å². The summed E-state index contributed by atoms with van der Waals surface area (Å²) in [6.07, 6.45) is -0.206. The minimum absolute atomic E-state index is 0.0495. The maximum absolute atomic E-state index is 13.4. The fourth-order valence-electron chi connectivity index (χ4n) is 2.03. The van der Waals surface area contributed by atoms with Crippen LogP contribution in [0.25, 0.3) is 0 Å². The van der Waals surface area contributed by atoms with Crippen LogP contribution < -0.4 is 5.32 Å². The summed E-state index contributed by atoms with van der Waals surface area (Å²) in [7, 11) is -3.40. The Hall–Kier alpha value is -2.21. The molecule has 6 heteroatoms. The Bertz CT molecular complexity index is 786. The zero-order chi connectivity index (χ0) is 16.9. The van der Waals surface area contributed by atoms with Gasteiger partial charge in [0.25, 0.3) is 0 Å². The van der Waals surface area contributed by atoms with Crippen LogP contribution in [-0.2, 0) is 20.4 Å². The van der Waals surface area contributed by atoms with E-state index < -0.39 is 21.6 Å². The average molecular weight is 335 g/mol. The first-order chi connectivity index (χ1) is 10.9. The average Bonchev–Trinajstić information content (AvgIpc) is 2.50. The molecule has 23 heavy (non-hydrogen) atoms. The number of hydrogen-bond acceptors (Lipinski definition) is 3. The van der Waals surface area contributed by atoms with E-state index in [1.165, 1.54) is 18.2 Å². The van der Waals surface area contributed by atoms with Crippen molar-refractivity contribution in [1.82, 2.24) is 0 Å². The van der Waals surface area contributed by atoms with E-state index in [1.54, 1.807) is 18.2 Å².